The maximum Gasteiger partial charge on any atom is 0.337 e. The number of ether oxygens (including phenoxy) is 1. The number of carbonyl (C=O) groups is 2. The number of piperidine rings is 1. The monoisotopic (exact) mass is 462 g/mol. The molecule has 2 aliphatic heterocycles. The number of H-pyrrole nitrogens is 1. The number of esters is 1. The number of methoxy groups -OCH3 is 1. The van der Waals surface area contributed by atoms with Crippen LogP contribution in [0.5, 0.6) is 0 Å². The van der Waals surface area contributed by atoms with Crippen molar-refractivity contribution in [3.63, 3.8) is 0 Å². The molecule has 1 saturated heterocycles. The topological polar surface area (TPSA) is 109 Å². The van der Waals surface area contributed by atoms with Crippen molar-refractivity contribution in [2.24, 2.45) is 5.92 Å². The molecule has 1 aromatic heterocycles. The van der Waals surface area contributed by atoms with Crippen molar-refractivity contribution in [1.82, 2.24) is 9.88 Å². The van der Waals surface area contributed by atoms with Gasteiger partial charge >= 0.3 is 5.97 Å². The van der Waals surface area contributed by atoms with Gasteiger partial charge in [-0.25, -0.2) is 4.79 Å². The molecule has 2 aliphatic rings. The number of fused-ring (bicyclic) bond motifs is 3. The highest BCUT2D eigenvalue weighted by Gasteiger charge is 2.33. The molecule has 1 amide bonds. The van der Waals surface area contributed by atoms with Crippen LogP contribution >= 0.6 is 0 Å². The Morgan fingerprint density at radius 3 is 2.62 bits per heavy atom. The molecular formula is C25H26N4O5. The Bertz CT molecular complexity index is 1280. The van der Waals surface area contributed by atoms with E-state index in [2.05, 4.69) is 4.98 Å². The zero-order valence-corrected chi connectivity index (χ0v) is 19.0. The molecule has 0 unspecified atom stereocenters. The third kappa shape index (κ3) is 3.87. The van der Waals surface area contributed by atoms with Crippen LogP contribution in [0.15, 0.2) is 42.5 Å². The number of aromatic nitrogens is 1. The van der Waals surface area contributed by atoms with Gasteiger partial charge in [-0.15, -0.1) is 0 Å². The molecule has 0 spiro atoms. The molecular weight excluding hydrogens is 436 g/mol. The highest BCUT2D eigenvalue weighted by Crippen LogP contribution is 2.33. The van der Waals surface area contributed by atoms with E-state index in [0.29, 0.717) is 50.3 Å². The van der Waals surface area contributed by atoms with E-state index in [9.17, 15) is 19.7 Å². The van der Waals surface area contributed by atoms with Crippen LogP contribution in [-0.2, 0) is 22.5 Å². The highest BCUT2D eigenvalue weighted by atomic mass is 16.6. The molecule has 3 aromatic rings. The first kappa shape index (κ1) is 21.9. The van der Waals surface area contributed by atoms with Gasteiger partial charge in [0.15, 0.2) is 0 Å². The Labute approximate surface area is 196 Å². The summed E-state index contributed by atoms with van der Waals surface area (Å²) in [6.07, 6.45) is 2.06. The molecule has 176 valence electrons. The minimum atomic E-state index is -0.383. The van der Waals surface area contributed by atoms with E-state index in [1.54, 1.807) is 24.3 Å². The van der Waals surface area contributed by atoms with Crippen LogP contribution in [0.4, 0.5) is 11.4 Å². The smallest absolute Gasteiger partial charge is 0.337 e. The summed E-state index contributed by atoms with van der Waals surface area (Å²) in [5.41, 5.74) is 4.31. The van der Waals surface area contributed by atoms with Gasteiger partial charge in [-0.3, -0.25) is 14.9 Å². The Morgan fingerprint density at radius 2 is 1.88 bits per heavy atom. The van der Waals surface area contributed by atoms with Crippen molar-refractivity contribution in [1.29, 1.82) is 0 Å². The number of carbonyl (C=O) groups excluding carboxylic acids is 2. The summed E-state index contributed by atoms with van der Waals surface area (Å²) in [6.45, 7) is 2.36. The second kappa shape index (κ2) is 8.81. The predicted molar refractivity (Wildman–Crippen MR) is 127 cm³/mol. The van der Waals surface area contributed by atoms with Gasteiger partial charge in [-0.1, -0.05) is 12.1 Å². The summed E-state index contributed by atoms with van der Waals surface area (Å²) in [5.74, 6) is -0.353. The molecule has 0 aliphatic carbocycles. The fourth-order valence-corrected chi connectivity index (χ4v) is 5.16. The Balaban J connectivity index is 1.29. The first-order valence-electron chi connectivity index (χ1n) is 11.4. The van der Waals surface area contributed by atoms with Crippen molar-refractivity contribution in [2.45, 2.75) is 25.8 Å². The fourth-order valence-electron chi connectivity index (χ4n) is 5.16. The molecule has 1 N–H and O–H groups in total. The predicted octanol–water partition coefficient (Wildman–Crippen LogP) is 3.66. The Hall–Kier alpha value is -3.88. The van der Waals surface area contributed by atoms with Crippen molar-refractivity contribution >= 4 is 34.2 Å². The number of hydrogen-bond donors (Lipinski definition) is 1. The van der Waals surface area contributed by atoms with Gasteiger partial charge in [0.25, 0.3) is 5.69 Å². The van der Waals surface area contributed by atoms with E-state index in [-0.39, 0.29) is 28.4 Å². The first-order valence-corrected chi connectivity index (χ1v) is 11.4. The molecule has 0 radical (unpaired) electrons. The van der Waals surface area contributed by atoms with E-state index in [4.69, 9.17) is 4.74 Å². The Kier molecular flexibility index (Phi) is 5.69. The number of para-hydroxylation sites is 2. The van der Waals surface area contributed by atoms with Crippen LogP contribution < -0.4 is 4.90 Å². The maximum atomic E-state index is 13.4. The number of aromatic amines is 1. The average Bonchev–Trinajstić information content (AvgIpc) is 3.25. The van der Waals surface area contributed by atoms with Crippen LogP contribution in [0.2, 0.25) is 0 Å². The van der Waals surface area contributed by atoms with Gasteiger partial charge < -0.3 is 19.5 Å². The van der Waals surface area contributed by atoms with Crippen molar-refractivity contribution < 1.29 is 19.2 Å². The van der Waals surface area contributed by atoms with Crippen molar-refractivity contribution in [3.8, 4) is 0 Å². The van der Waals surface area contributed by atoms with Gasteiger partial charge in [0.2, 0.25) is 5.91 Å². The van der Waals surface area contributed by atoms with E-state index in [0.717, 1.165) is 28.6 Å². The fraction of sp³-hybridized carbons (Fsp3) is 0.360. The number of anilines is 1. The third-order valence-electron chi connectivity index (χ3n) is 6.97. The summed E-state index contributed by atoms with van der Waals surface area (Å²) >= 11 is 0. The Morgan fingerprint density at radius 1 is 1.12 bits per heavy atom. The molecule has 2 aromatic carbocycles. The summed E-state index contributed by atoms with van der Waals surface area (Å²) in [7, 11) is 1.36. The molecule has 0 atom stereocenters. The number of rotatable bonds is 4. The molecule has 0 bridgehead atoms. The van der Waals surface area contributed by atoms with E-state index >= 15 is 0 Å². The number of nitrogens with zero attached hydrogens (tertiary/aromatic N) is 3. The summed E-state index contributed by atoms with van der Waals surface area (Å²) in [6, 6.07) is 12.2. The van der Waals surface area contributed by atoms with Gasteiger partial charge in [0, 0.05) is 66.7 Å². The van der Waals surface area contributed by atoms with Gasteiger partial charge in [0.05, 0.1) is 17.6 Å². The number of hydrogen-bond acceptors (Lipinski definition) is 6. The van der Waals surface area contributed by atoms with Gasteiger partial charge in [-0.2, -0.15) is 0 Å². The van der Waals surface area contributed by atoms with Crippen LogP contribution in [0.25, 0.3) is 10.9 Å². The van der Waals surface area contributed by atoms with E-state index in [1.807, 2.05) is 21.9 Å². The second-order valence-corrected chi connectivity index (χ2v) is 8.85. The molecule has 34 heavy (non-hydrogen) atoms. The summed E-state index contributed by atoms with van der Waals surface area (Å²) in [5, 5.41) is 12.3. The molecule has 9 heteroatoms. The summed E-state index contributed by atoms with van der Waals surface area (Å²) < 4.78 is 4.85. The molecule has 3 heterocycles. The number of benzene rings is 2. The molecule has 9 nitrogen and oxygen atoms in total. The lowest BCUT2D eigenvalue weighted by Crippen LogP contribution is -2.44. The van der Waals surface area contributed by atoms with Crippen molar-refractivity contribution in [3.05, 3.63) is 69.4 Å². The SMILES string of the molecule is COC(=O)c1ccc2[nH]c3c(c2c1)CN(C(=O)C1CCN(c2ccccc2[N+](=O)[O-])CC1)CC3. The standard InChI is InChI=1S/C25H26N4O5/c1-34-25(31)17-6-7-20-18(14-17)19-15-28(13-10-21(19)26-20)24(30)16-8-11-27(12-9-16)22-4-2-3-5-23(22)29(32)33/h2-7,14,16,26H,8-13,15H2,1H3. The molecule has 5 rings (SSSR count). The minimum Gasteiger partial charge on any atom is -0.465 e. The highest BCUT2D eigenvalue weighted by molar-refractivity contribution is 5.96. The largest absolute Gasteiger partial charge is 0.465 e. The van der Waals surface area contributed by atoms with Crippen LogP contribution in [0.3, 0.4) is 0 Å². The number of amides is 1. The van der Waals surface area contributed by atoms with Gasteiger partial charge in [-0.05, 0) is 37.1 Å². The number of nitro groups is 1. The lowest BCUT2D eigenvalue weighted by atomic mass is 9.93. The molecule has 0 saturated carbocycles. The minimum absolute atomic E-state index is 0.0986. The second-order valence-electron chi connectivity index (χ2n) is 8.85. The van der Waals surface area contributed by atoms with Crippen LogP contribution in [0, 0.1) is 16.0 Å². The first-order chi connectivity index (χ1) is 16.5. The van der Waals surface area contributed by atoms with E-state index in [1.165, 1.54) is 13.2 Å². The zero-order valence-electron chi connectivity index (χ0n) is 19.0. The number of nitro benzene ring substituents is 1. The average molecular weight is 463 g/mol. The van der Waals surface area contributed by atoms with Crippen molar-refractivity contribution in [2.75, 3.05) is 31.6 Å². The molecule has 1 fully saturated rings. The maximum absolute atomic E-state index is 13.4. The third-order valence-corrected chi connectivity index (χ3v) is 6.97. The summed E-state index contributed by atoms with van der Waals surface area (Å²) in [4.78, 5) is 43.7. The lowest BCUT2D eigenvalue weighted by Gasteiger charge is -2.36. The van der Waals surface area contributed by atoms with E-state index < -0.39 is 0 Å². The normalized spacial score (nSPS) is 16.4. The zero-order chi connectivity index (χ0) is 23.8. The lowest BCUT2D eigenvalue weighted by molar-refractivity contribution is -0.384. The van der Waals surface area contributed by atoms with Gasteiger partial charge in [0.1, 0.15) is 5.69 Å². The quantitative estimate of drug-likeness (QED) is 0.360. The number of nitrogens with one attached hydrogen (secondary N) is 1. The van der Waals surface area contributed by atoms with Crippen LogP contribution in [-0.4, -0.2) is 53.4 Å². The van der Waals surface area contributed by atoms with Crippen LogP contribution in [0.1, 0.15) is 34.5 Å².